The molecule has 1 rings (SSSR count). The normalized spacial score (nSPS) is 21.4. The Morgan fingerprint density at radius 3 is 2.94 bits per heavy atom. The zero-order chi connectivity index (χ0) is 12.5. The van der Waals surface area contributed by atoms with Gasteiger partial charge < -0.3 is 16.0 Å². The van der Waals surface area contributed by atoms with Crippen LogP contribution in [0.25, 0.3) is 0 Å². The van der Waals surface area contributed by atoms with Gasteiger partial charge in [0, 0.05) is 19.6 Å². The molecule has 0 amide bonds. The minimum atomic E-state index is 0. The molecule has 1 fully saturated rings. The fourth-order valence-corrected chi connectivity index (χ4v) is 2.30. The van der Waals surface area contributed by atoms with E-state index in [0.29, 0.717) is 5.96 Å². The molecule has 0 aromatic carbocycles. The molecule has 0 radical (unpaired) electrons. The first-order valence-corrected chi connectivity index (χ1v) is 6.98. The summed E-state index contributed by atoms with van der Waals surface area (Å²) in [6, 6.07) is 0. The second kappa shape index (κ2) is 10.8. The lowest BCUT2D eigenvalue weighted by Gasteiger charge is -2.30. The van der Waals surface area contributed by atoms with Crippen molar-refractivity contribution in [3.05, 3.63) is 0 Å². The van der Waals surface area contributed by atoms with E-state index < -0.39 is 0 Å². The lowest BCUT2D eigenvalue weighted by atomic mass is 10.0. The highest BCUT2D eigenvalue weighted by atomic mass is 127. The minimum Gasteiger partial charge on any atom is -0.370 e. The molecular weight excluding hydrogens is 339 g/mol. The van der Waals surface area contributed by atoms with Crippen molar-refractivity contribution in [1.82, 2.24) is 10.2 Å². The summed E-state index contributed by atoms with van der Waals surface area (Å²) in [5, 5.41) is 3.17. The molecule has 1 unspecified atom stereocenters. The number of nitrogens with two attached hydrogens (primary N) is 1. The lowest BCUT2D eigenvalue weighted by molar-refractivity contribution is 0.182. The van der Waals surface area contributed by atoms with Crippen LogP contribution in [0.3, 0.4) is 0 Å². The van der Waals surface area contributed by atoms with Gasteiger partial charge in [-0.2, -0.15) is 0 Å². The van der Waals surface area contributed by atoms with Gasteiger partial charge in [0.2, 0.25) is 0 Å². The minimum absolute atomic E-state index is 0. The van der Waals surface area contributed by atoms with E-state index in [2.05, 4.69) is 29.1 Å². The maximum Gasteiger partial charge on any atom is 0.188 e. The average molecular weight is 368 g/mol. The third kappa shape index (κ3) is 8.13. The lowest BCUT2D eigenvalue weighted by Crippen LogP contribution is -2.38. The van der Waals surface area contributed by atoms with Crippen LogP contribution in [0, 0.1) is 5.92 Å². The van der Waals surface area contributed by atoms with Crippen LogP contribution in [0.2, 0.25) is 0 Å². The summed E-state index contributed by atoms with van der Waals surface area (Å²) in [6.45, 7) is 9.92. The van der Waals surface area contributed by atoms with E-state index in [9.17, 15) is 0 Å². The Morgan fingerprint density at radius 2 is 2.28 bits per heavy atom. The van der Waals surface area contributed by atoms with E-state index in [-0.39, 0.29) is 24.0 Å². The molecule has 1 aliphatic heterocycles. The van der Waals surface area contributed by atoms with Crippen molar-refractivity contribution in [2.75, 3.05) is 32.7 Å². The number of hydrogen-bond donors (Lipinski definition) is 2. The zero-order valence-electron chi connectivity index (χ0n) is 11.8. The predicted molar refractivity (Wildman–Crippen MR) is 89.7 cm³/mol. The number of piperidine rings is 1. The standard InChI is InChI=1S/C13H28N4.HI/c1-3-7-15-13(14)16-8-5-10-17-9-4-6-12(2)11-17;/h12H,3-11H2,1-2H3,(H3,14,15,16);1H. The number of rotatable bonds is 6. The van der Waals surface area contributed by atoms with Crippen molar-refractivity contribution in [3.63, 3.8) is 0 Å². The summed E-state index contributed by atoms with van der Waals surface area (Å²) in [4.78, 5) is 6.77. The number of likely N-dealkylation sites (tertiary alicyclic amines) is 1. The SMILES string of the molecule is CCCN=C(N)NCCCN1CCCC(C)C1.I. The second-order valence-corrected chi connectivity index (χ2v) is 5.10. The molecule has 1 aliphatic rings. The molecule has 1 atom stereocenters. The van der Waals surface area contributed by atoms with Crippen LogP contribution >= 0.6 is 24.0 Å². The monoisotopic (exact) mass is 368 g/mol. The van der Waals surface area contributed by atoms with Gasteiger partial charge in [-0.3, -0.25) is 4.99 Å². The van der Waals surface area contributed by atoms with E-state index in [1.165, 1.54) is 32.5 Å². The molecule has 0 aromatic heterocycles. The van der Waals surface area contributed by atoms with Gasteiger partial charge >= 0.3 is 0 Å². The Kier molecular flexibility index (Phi) is 10.8. The Labute approximate surface area is 129 Å². The van der Waals surface area contributed by atoms with Crippen LogP contribution < -0.4 is 11.1 Å². The quantitative estimate of drug-likeness (QED) is 0.327. The zero-order valence-corrected chi connectivity index (χ0v) is 14.2. The van der Waals surface area contributed by atoms with E-state index in [0.717, 1.165) is 31.8 Å². The summed E-state index contributed by atoms with van der Waals surface area (Å²) >= 11 is 0. The number of aliphatic imine (C=N–C) groups is 1. The fraction of sp³-hybridized carbons (Fsp3) is 0.923. The van der Waals surface area contributed by atoms with Gasteiger partial charge in [-0.25, -0.2) is 0 Å². The van der Waals surface area contributed by atoms with Crippen molar-refractivity contribution in [3.8, 4) is 0 Å². The molecule has 108 valence electrons. The van der Waals surface area contributed by atoms with E-state index in [1.807, 2.05) is 0 Å². The number of nitrogens with one attached hydrogen (secondary N) is 1. The molecule has 3 N–H and O–H groups in total. The third-order valence-corrected chi connectivity index (χ3v) is 3.20. The Balaban J connectivity index is 0.00000289. The third-order valence-electron chi connectivity index (χ3n) is 3.20. The highest BCUT2D eigenvalue weighted by molar-refractivity contribution is 14.0. The summed E-state index contributed by atoms with van der Waals surface area (Å²) in [5.41, 5.74) is 5.73. The topological polar surface area (TPSA) is 53.6 Å². The van der Waals surface area contributed by atoms with Crippen LogP contribution in [0.1, 0.15) is 39.5 Å². The van der Waals surface area contributed by atoms with Crippen molar-refractivity contribution in [1.29, 1.82) is 0 Å². The van der Waals surface area contributed by atoms with Gasteiger partial charge in [0.25, 0.3) is 0 Å². The summed E-state index contributed by atoms with van der Waals surface area (Å²) in [5.74, 6) is 1.46. The Bertz CT molecular complexity index is 233. The first kappa shape index (κ1) is 18.0. The van der Waals surface area contributed by atoms with Gasteiger partial charge in [-0.15, -0.1) is 24.0 Å². The molecule has 0 spiro atoms. The molecule has 1 saturated heterocycles. The average Bonchev–Trinajstić information content (AvgIpc) is 2.32. The van der Waals surface area contributed by atoms with E-state index in [1.54, 1.807) is 0 Å². The van der Waals surface area contributed by atoms with Crippen molar-refractivity contribution in [2.45, 2.75) is 39.5 Å². The van der Waals surface area contributed by atoms with Gasteiger partial charge in [-0.05, 0) is 44.7 Å². The van der Waals surface area contributed by atoms with Gasteiger partial charge in [0.15, 0.2) is 5.96 Å². The van der Waals surface area contributed by atoms with E-state index >= 15 is 0 Å². The van der Waals surface area contributed by atoms with Crippen LogP contribution in [-0.2, 0) is 0 Å². The van der Waals surface area contributed by atoms with Gasteiger partial charge in [-0.1, -0.05) is 13.8 Å². The van der Waals surface area contributed by atoms with Crippen LogP contribution in [0.4, 0.5) is 0 Å². The number of guanidine groups is 1. The van der Waals surface area contributed by atoms with Gasteiger partial charge in [0.1, 0.15) is 0 Å². The Hall–Kier alpha value is -0.0400. The number of hydrogen-bond acceptors (Lipinski definition) is 2. The highest BCUT2D eigenvalue weighted by Crippen LogP contribution is 2.15. The molecule has 0 saturated carbocycles. The van der Waals surface area contributed by atoms with Gasteiger partial charge in [0.05, 0.1) is 0 Å². The molecular formula is C13H29IN4. The summed E-state index contributed by atoms with van der Waals surface area (Å²) in [6.07, 6.45) is 4.95. The van der Waals surface area contributed by atoms with Crippen molar-refractivity contribution >= 4 is 29.9 Å². The van der Waals surface area contributed by atoms with Crippen molar-refractivity contribution in [2.24, 2.45) is 16.6 Å². The molecule has 0 aromatic rings. The van der Waals surface area contributed by atoms with Crippen LogP contribution in [-0.4, -0.2) is 43.6 Å². The first-order valence-electron chi connectivity index (χ1n) is 6.98. The molecule has 18 heavy (non-hydrogen) atoms. The van der Waals surface area contributed by atoms with Crippen LogP contribution in [0.5, 0.6) is 0 Å². The number of halogens is 1. The fourth-order valence-electron chi connectivity index (χ4n) is 2.30. The summed E-state index contributed by atoms with van der Waals surface area (Å²) in [7, 11) is 0. The largest absolute Gasteiger partial charge is 0.370 e. The second-order valence-electron chi connectivity index (χ2n) is 5.10. The van der Waals surface area contributed by atoms with Crippen molar-refractivity contribution < 1.29 is 0 Å². The molecule has 1 heterocycles. The van der Waals surface area contributed by atoms with E-state index in [4.69, 9.17) is 5.73 Å². The molecule has 0 bridgehead atoms. The molecule has 5 heteroatoms. The smallest absolute Gasteiger partial charge is 0.188 e. The summed E-state index contributed by atoms with van der Waals surface area (Å²) < 4.78 is 0. The Morgan fingerprint density at radius 1 is 1.50 bits per heavy atom. The maximum absolute atomic E-state index is 5.73. The molecule has 4 nitrogen and oxygen atoms in total. The maximum atomic E-state index is 5.73. The first-order chi connectivity index (χ1) is 8.22. The molecule has 0 aliphatic carbocycles. The highest BCUT2D eigenvalue weighted by Gasteiger charge is 2.15. The van der Waals surface area contributed by atoms with Crippen LogP contribution in [0.15, 0.2) is 4.99 Å². The number of nitrogens with zero attached hydrogens (tertiary/aromatic N) is 2. The predicted octanol–water partition coefficient (Wildman–Crippen LogP) is 2.04.